The van der Waals surface area contributed by atoms with E-state index < -0.39 is 0 Å². The highest BCUT2D eigenvalue weighted by Gasteiger charge is 1.90. The Morgan fingerprint density at radius 3 is 2.82 bits per heavy atom. The summed E-state index contributed by atoms with van der Waals surface area (Å²) in [7, 11) is 0. The highest BCUT2D eigenvalue weighted by Crippen LogP contribution is 2.06. The third-order valence-electron chi connectivity index (χ3n) is 1.04. The van der Waals surface area contributed by atoms with Crippen LogP contribution < -0.4 is 0 Å². The Hall–Kier alpha value is -0.320. The van der Waals surface area contributed by atoms with Gasteiger partial charge in [-0.25, -0.2) is 0 Å². The number of rotatable bonds is 5. The zero-order valence-corrected chi connectivity index (χ0v) is 7.66. The van der Waals surface area contributed by atoms with Crippen molar-refractivity contribution >= 4 is 23.2 Å². The Morgan fingerprint density at radius 1 is 1.55 bits per heavy atom. The van der Waals surface area contributed by atoms with Gasteiger partial charge in [0.15, 0.2) is 5.22 Å². The summed E-state index contributed by atoms with van der Waals surface area (Å²) >= 11 is 10.7. The second-order valence-corrected chi connectivity index (χ2v) is 2.51. The van der Waals surface area contributed by atoms with Crippen LogP contribution in [0.1, 0.15) is 19.3 Å². The average molecular weight is 193 g/mol. The van der Waals surface area contributed by atoms with Crippen LogP contribution in [0.25, 0.3) is 0 Å². The van der Waals surface area contributed by atoms with Crippen molar-refractivity contribution in [2.24, 2.45) is 0 Å². The van der Waals surface area contributed by atoms with Gasteiger partial charge in [0.05, 0.1) is 12.1 Å². The minimum Gasteiger partial charge on any atom is -0.482 e. The zero-order chi connectivity index (χ0) is 8.53. The van der Waals surface area contributed by atoms with E-state index in [1.54, 1.807) is 0 Å². The van der Waals surface area contributed by atoms with Crippen molar-refractivity contribution in [2.45, 2.75) is 19.3 Å². The van der Waals surface area contributed by atoms with Crippen molar-refractivity contribution in [3.05, 3.63) is 10.8 Å². The van der Waals surface area contributed by atoms with Crippen LogP contribution in [0.5, 0.6) is 0 Å². The van der Waals surface area contributed by atoms with Gasteiger partial charge in [-0.15, -0.1) is 12.3 Å². The average Bonchev–Trinajstić information content (AvgIpc) is 2.04. The lowest BCUT2D eigenvalue weighted by Crippen LogP contribution is -1.89. The number of hydrogen-bond acceptors (Lipinski definition) is 1. The number of unbranched alkanes of at least 4 members (excludes halogenated alkanes) is 2. The van der Waals surface area contributed by atoms with Crippen LogP contribution in [0.4, 0.5) is 0 Å². The first-order chi connectivity index (χ1) is 5.31. The molecule has 0 aromatic rings. The van der Waals surface area contributed by atoms with Crippen molar-refractivity contribution in [3.8, 4) is 12.3 Å². The Kier molecular flexibility index (Phi) is 7.56. The molecule has 0 aliphatic heterocycles. The Morgan fingerprint density at radius 2 is 2.27 bits per heavy atom. The summed E-state index contributed by atoms with van der Waals surface area (Å²) in [6, 6.07) is 0. The molecule has 0 unspecified atom stereocenters. The maximum atomic E-state index is 5.44. The first-order valence-corrected chi connectivity index (χ1v) is 4.15. The highest BCUT2D eigenvalue weighted by atomic mass is 35.5. The van der Waals surface area contributed by atoms with Gasteiger partial charge in [-0.1, -0.05) is 11.6 Å². The highest BCUT2D eigenvalue weighted by molar-refractivity contribution is 6.35. The molecular formula is C8H10Cl2O. The van der Waals surface area contributed by atoms with Gasteiger partial charge < -0.3 is 4.74 Å². The molecule has 0 N–H and O–H groups in total. The molecular weight excluding hydrogens is 183 g/mol. The predicted molar refractivity (Wildman–Crippen MR) is 48.4 cm³/mol. The van der Waals surface area contributed by atoms with Gasteiger partial charge >= 0.3 is 0 Å². The zero-order valence-electron chi connectivity index (χ0n) is 6.15. The fourth-order valence-electron chi connectivity index (χ4n) is 0.530. The van der Waals surface area contributed by atoms with Crippen LogP contribution in [0, 0.1) is 12.3 Å². The molecule has 0 atom stereocenters. The first-order valence-electron chi connectivity index (χ1n) is 3.33. The summed E-state index contributed by atoms with van der Waals surface area (Å²) in [6.45, 7) is 0.573. The summed E-state index contributed by atoms with van der Waals surface area (Å²) in [4.78, 5) is 0. The molecule has 0 aromatic heterocycles. The van der Waals surface area contributed by atoms with Gasteiger partial charge in [0.25, 0.3) is 0 Å². The predicted octanol–water partition coefficient (Wildman–Crippen LogP) is 3.08. The van der Waals surface area contributed by atoms with E-state index in [-0.39, 0.29) is 5.22 Å². The fourth-order valence-corrected chi connectivity index (χ4v) is 0.670. The number of hydrogen-bond donors (Lipinski definition) is 0. The molecule has 3 heteroatoms. The van der Waals surface area contributed by atoms with Gasteiger partial charge in [-0.2, -0.15) is 0 Å². The molecule has 0 rings (SSSR count). The molecule has 0 heterocycles. The lowest BCUT2D eigenvalue weighted by molar-refractivity contribution is 0.230. The Labute approximate surface area is 77.3 Å². The summed E-state index contributed by atoms with van der Waals surface area (Å²) in [6.07, 6.45) is 7.70. The van der Waals surface area contributed by atoms with Crippen molar-refractivity contribution < 1.29 is 4.74 Å². The lowest BCUT2D eigenvalue weighted by Gasteiger charge is -2.00. The van der Waals surface area contributed by atoms with Crippen LogP contribution in [-0.4, -0.2) is 6.61 Å². The van der Waals surface area contributed by atoms with E-state index in [9.17, 15) is 0 Å². The third kappa shape index (κ3) is 7.58. The number of halogens is 2. The van der Waals surface area contributed by atoms with Gasteiger partial charge in [0.2, 0.25) is 0 Å². The summed E-state index contributed by atoms with van der Waals surface area (Å²) in [5.41, 5.74) is 1.20. The molecule has 0 aromatic carbocycles. The largest absolute Gasteiger partial charge is 0.482 e. The molecule has 62 valence electrons. The normalized spacial score (nSPS) is 10.8. The Bertz CT molecular complexity index is 158. The first kappa shape index (κ1) is 10.7. The molecule has 0 bridgehead atoms. The molecule has 0 fully saturated rings. The third-order valence-corrected chi connectivity index (χ3v) is 1.57. The van der Waals surface area contributed by atoms with Crippen LogP contribution in [0.15, 0.2) is 10.8 Å². The monoisotopic (exact) mass is 192 g/mol. The van der Waals surface area contributed by atoms with Crippen LogP contribution in [-0.2, 0) is 4.74 Å². The van der Waals surface area contributed by atoms with E-state index in [2.05, 4.69) is 5.92 Å². The van der Waals surface area contributed by atoms with Crippen molar-refractivity contribution in [3.63, 3.8) is 0 Å². The molecule has 0 saturated carbocycles. The number of ether oxygens (including phenoxy) is 1. The van der Waals surface area contributed by atoms with Crippen molar-refractivity contribution in [1.82, 2.24) is 0 Å². The molecule has 0 saturated heterocycles. The Balaban J connectivity index is 3.10. The van der Waals surface area contributed by atoms with Crippen LogP contribution >= 0.6 is 23.2 Å². The molecule has 0 amide bonds. The molecule has 0 aliphatic carbocycles. The maximum absolute atomic E-state index is 5.44. The molecule has 0 aliphatic rings. The fraction of sp³-hybridized carbons (Fsp3) is 0.500. The number of terminal acetylenes is 1. The maximum Gasteiger partial charge on any atom is 0.198 e. The van der Waals surface area contributed by atoms with Crippen molar-refractivity contribution in [1.29, 1.82) is 0 Å². The van der Waals surface area contributed by atoms with E-state index in [4.69, 9.17) is 34.4 Å². The SMILES string of the molecule is C#CCCCCO/C(Cl)=C\Cl. The summed E-state index contributed by atoms with van der Waals surface area (Å²) in [5, 5.41) is 0.229. The minimum atomic E-state index is 0.229. The van der Waals surface area contributed by atoms with Crippen LogP contribution in [0.3, 0.4) is 0 Å². The lowest BCUT2D eigenvalue weighted by atomic mass is 10.2. The second kappa shape index (κ2) is 7.78. The molecule has 11 heavy (non-hydrogen) atoms. The summed E-state index contributed by atoms with van der Waals surface area (Å²) in [5.74, 6) is 2.54. The molecule has 1 nitrogen and oxygen atoms in total. The molecule has 0 radical (unpaired) electrons. The van der Waals surface area contributed by atoms with Crippen LogP contribution in [0.2, 0.25) is 0 Å². The van der Waals surface area contributed by atoms with Gasteiger partial charge in [0.1, 0.15) is 0 Å². The van der Waals surface area contributed by atoms with E-state index in [0.29, 0.717) is 6.61 Å². The van der Waals surface area contributed by atoms with Gasteiger partial charge in [-0.05, 0) is 24.4 Å². The standard InChI is InChI=1S/C8H10Cl2O/c1-2-3-4-5-6-11-8(10)7-9/h1,7H,3-6H2/b8-7-. The minimum absolute atomic E-state index is 0.229. The van der Waals surface area contributed by atoms with Gasteiger partial charge in [0, 0.05) is 6.42 Å². The van der Waals surface area contributed by atoms with E-state index in [0.717, 1.165) is 19.3 Å². The smallest absolute Gasteiger partial charge is 0.198 e. The molecule has 0 spiro atoms. The summed E-state index contributed by atoms with van der Waals surface area (Å²) < 4.78 is 4.96. The topological polar surface area (TPSA) is 9.23 Å². The van der Waals surface area contributed by atoms with E-state index in [1.807, 2.05) is 0 Å². The van der Waals surface area contributed by atoms with E-state index >= 15 is 0 Å². The quantitative estimate of drug-likeness (QED) is 0.370. The van der Waals surface area contributed by atoms with Crippen molar-refractivity contribution in [2.75, 3.05) is 6.61 Å². The second-order valence-electron chi connectivity index (χ2n) is 1.92. The van der Waals surface area contributed by atoms with Gasteiger partial charge in [-0.3, -0.25) is 0 Å². The van der Waals surface area contributed by atoms with E-state index in [1.165, 1.54) is 5.54 Å².